The van der Waals surface area contributed by atoms with Crippen LogP contribution in [0.15, 0.2) is 42.5 Å². The zero-order valence-electron chi connectivity index (χ0n) is 17.4. The summed E-state index contributed by atoms with van der Waals surface area (Å²) in [5, 5.41) is 2.81. The third-order valence-electron chi connectivity index (χ3n) is 4.48. The molecule has 0 bridgehead atoms. The molecule has 6 nitrogen and oxygen atoms in total. The van der Waals surface area contributed by atoms with Gasteiger partial charge >= 0.3 is 0 Å². The summed E-state index contributed by atoms with van der Waals surface area (Å²) < 4.78 is 18.8. The number of ether oxygens (including phenoxy) is 1. The second-order valence-electron chi connectivity index (χ2n) is 6.96. The summed E-state index contributed by atoms with van der Waals surface area (Å²) in [4.78, 5) is 28.1. The van der Waals surface area contributed by atoms with Gasteiger partial charge in [0.2, 0.25) is 11.8 Å². The molecule has 156 valence electrons. The van der Waals surface area contributed by atoms with E-state index in [9.17, 15) is 14.0 Å². The van der Waals surface area contributed by atoms with Gasteiger partial charge in [0.05, 0.1) is 20.2 Å². The molecule has 0 aliphatic heterocycles. The molecule has 7 heteroatoms. The molecule has 1 N–H and O–H groups in total. The van der Waals surface area contributed by atoms with Crippen molar-refractivity contribution in [2.45, 2.75) is 20.4 Å². The van der Waals surface area contributed by atoms with E-state index in [0.717, 1.165) is 11.3 Å². The largest absolute Gasteiger partial charge is 0.494 e. The number of carbonyl (C=O) groups excluding carboxylic acids is 2. The summed E-state index contributed by atoms with van der Waals surface area (Å²) in [6, 6.07) is 12.2. The van der Waals surface area contributed by atoms with Crippen LogP contribution in [0.2, 0.25) is 0 Å². The molecule has 2 aromatic carbocycles. The molecule has 0 radical (unpaired) electrons. The van der Waals surface area contributed by atoms with Gasteiger partial charge in [-0.15, -0.1) is 0 Å². The molecule has 29 heavy (non-hydrogen) atoms. The summed E-state index contributed by atoms with van der Waals surface area (Å²) >= 11 is 0. The highest BCUT2D eigenvalue weighted by atomic mass is 19.1. The smallest absolute Gasteiger partial charge is 0.238 e. The molecule has 2 aromatic rings. The van der Waals surface area contributed by atoms with Crippen molar-refractivity contribution in [3.63, 3.8) is 0 Å². The van der Waals surface area contributed by atoms with E-state index >= 15 is 0 Å². The van der Waals surface area contributed by atoms with E-state index in [0.29, 0.717) is 18.7 Å². The van der Waals surface area contributed by atoms with Gasteiger partial charge in [-0.2, -0.15) is 0 Å². The molecule has 0 aliphatic carbocycles. The molecule has 0 saturated heterocycles. The first-order valence-electron chi connectivity index (χ1n) is 9.47. The van der Waals surface area contributed by atoms with Crippen LogP contribution < -0.4 is 10.1 Å². The monoisotopic (exact) mass is 401 g/mol. The number of methoxy groups -OCH3 is 1. The quantitative estimate of drug-likeness (QED) is 0.702. The first-order valence-corrected chi connectivity index (χ1v) is 9.47. The second kappa shape index (κ2) is 10.6. The zero-order chi connectivity index (χ0) is 21.4. The van der Waals surface area contributed by atoms with Gasteiger partial charge in [0, 0.05) is 18.8 Å². The molecule has 0 atom stereocenters. The fraction of sp³-hybridized carbons (Fsp3) is 0.364. The normalized spacial score (nSPS) is 10.7. The number of benzene rings is 2. The van der Waals surface area contributed by atoms with E-state index in [2.05, 4.69) is 5.32 Å². The van der Waals surface area contributed by atoms with Crippen LogP contribution in [0.4, 0.5) is 10.1 Å². The molecule has 2 amide bonds. The third-order valence-corrected chi connectivity index (χ3v) is 4.48. The number of halogens is 1. The average molecular weight is 401 g/mol. The summed E-state index contributed by atoms with van der Waals surface area (Å²) in [5.74, 6) is -0.611. The van der Waals surface area contributed by atoms with Gasteiger partial charge in [0.1, 0.15) is 0 Å². The Kier molecular flexibility index (Phi) is 8.15. The number of anilines is 1. The second-order valence-corrected chi connectivity index (χ2v) is 6.96. The summed E-state index contributed by atoms with van der Waals surface area (Å²) in [6.45, 7) is 4.80. The maximum Gasteiger partial charge on any atom is 0.238 e. The Labute approximate surface area is 171 Å². The summed E-state index contributed by atoms with van der Waals surface area (Å²) in [6.07, 6.45) is 0. The number of hydrogen-bond donors (Lipinski definition) is 1. The molecular formula is C22H28FN3O3. The topological polar surface area (TPSA) is 61.9 Å². The average Bonchev–Trinajstić information content (AvgIpc) is 2.67. The lowest BCUT2D eigenvalue weighted by Crippen LogP contribution is -2.41. The van der Waals surface area contributed by atoms with Crippen molar-refractivity contribution in [1.29, 1.82) is 0 Å². The van der Waals surface area contributed by atoms with Gasteiger partial charge < -0.3 is 15.0 Å². The molecule has 0 aliphatic rings. The van der Waals surface area contributed by atoms with Crippen molar-refractivity contribution >= 4 is 17.5 Å². The number of amides is 2. The maximum atomic E-state index is 13.9. The number of carbonyl (C=O) groups is 2. The molecule has 0 fully saturated rings. The lowest BCUT2D eigenvalue weighted by Gasteiger charge is -2.24. The predicted octanol–water partition coefficient (Wildman–Crippen LogP) is 3.06. The minimum atomic E-state index is -0.460. The molecule has 0 unspecified atom stereocenters. The zero-order valence-corrected chi connectivity index (χ0v) is 17.4. The Bertz CT molecular complexity index is 840. The van der Waals surface area contributed by atoms with Crippen molar-refractivity contribution in [2.24, 2.45) is 0 Å². The van der Waals surface area contributed by atoms with E-state index in [-0.39, 0.29) is 30.7 Å². The van der Waals surface area contributed by atoms with Gasteiger partial charge in [-0.3, -0.25) is 14.5 Å². The summed E-state index contributed by atoms with van der Waals surface area (Å²) in [7, 11) is 3.12. The van der Waals surface area contributed by atoms with Crippen LogP contribution in [-0.2, 0) is 16.1 Å². The van der Waals surface area contributed by atoms with E-state index < -0.39 is 5.82 Å². The number of hydrogen-bond acceptors (Lipinski definition) is 4. The van der Waals surface area contributed by atoms with E-state index in [4.69, 9.17) is 4.74 Å². The fourth-order valence-electron chi connectivity index (χ4n) is 2.87. The Morgan fingerprint density at radius 3 is 2.38 bits per heavy atom. The minimum absolute atomic E-state index is 0.0911. The highest BCUT2D eigenvalue weighted by Crippen LogP contribution is 2.18. The van der Waals surface area contributed by atoms with Gasteiger partial charge in [0.15, 0.2) is 11.6 Å². The van der Waals surface area contributed by atoms with Crippen molar-refractivity contribution in [2.75, 3.05) is 39.1 Å². The van der Waals surface area contributed by atoms with Crippen LogP contribution in [0.25, 0.3) is 0 Å². The Morgan fingerprint density at radius 2 is 1.79 bits per heavy atom. The first-order chi connectivity index (χ1) is 13.8. The third kappa shape index (κ3) is 6.87. The van der Waals surface area contributed by atoms with Crippen LogP contribution in [0.5, 0.6) is 5.75 Å². The molecule has 0 heterocycles. The van der Waals surface area contributed by atoms with Gasteiger partial charge in [-0.05, 0) is 50.7 Å². The lowest BCUT2D eigenvalue weighted by atomic mass is 10.2. The number of likely N-dealkylation sites (N-methyl/N-ethyl adjacent to an activating group) is 2. The Hall–Kier alpha value is -2.93. The summed E-state index contributed by atoms with van der Waals surface area (Å²) in [5.41, 5.74) is 2.51. The molecule has 2 rings (SSSR count). The van der Waals surface area contributed by atoms with Crippen LogP contribution >= 0.6 is 0 Å². The number of nitrogens with zero attached hydrogens (tertiary/aromatic N) is 2. The van der Waals surface area contributed by atoms with E-state index in [1.807, 2.05) is 38.1 Å². The SMILES string of the molecule is CCN(Cc1ccc(OC)c(F)c1)C(=O)CN(C)CC(=O)Nc1ccc(C)cc1. The lowest BCUT2D eigenvalue weighted by molar-refractivity contribution is -0.132. The maximum absolute atomic E-state index is 13.9. The van der Waals surface area contributed by atoms with Crippen LogP contribution in [0.1, 0.15) is 18.1 Å². The number of aryl methyl sites for hydroxylation is 1. The van der Waals surface area contributed by atoms with Gasteiger partial charge in [0.25, 0.3) is 0 Å². The van der Waals surface area contributed by atoms with Crippen molar-refractivity contribution in [1.82, 2.24) is 9.80 Å². The number of rotatable bonds is 9. The minimum Gasteiger partial charge on any atom is -0.494 e. The Balaban J connectivity index is 1.88. The standard InChI is InChI=1S/C22H28FN3O3/c1-5-26(13-17-8-11-20(29-4)19(23)12-17)22(28)15-25(3)14-21(27)24-18-9-6-16(2)7-10-18/h6-12H,5,13-15H2,1-4H3,(H,24,27). The highest BCUT2D eigenvalue weighted by molar-refractivity contribution is 5.92. The highest BCUT2D eigenvalue weighted by Gasteiger charge is 2.17. The molecule has 0 spiro atoms. The first kappa shape index (κ1) is 22.4. The molecule has 0 aromatic heterocycles. The van der Waals surface area contributed by atoms with Gasteiger partial charge in [-0.25, -0.2) is 4.39 Å². The van der Waals surface area contributed by atoms with Crippen LogP contribution in [0, 0.1) is 12.7 Å². The van der Waals surface area contributed by atoms with Crippen molar-refractivity contribution < 1.29 is 18.7 Å². The van der Waals surface area contributed by atoms with Crippen molar-refractivity contribution in [3.05, 3.63) is 59.4 Å². The van der Waals surface area contributed by atoms with Gasteiger partial charge in [-0.1, -0.05) is 23.8 Å². The van der Waals surface area contributed by atoms with Crippen molar-refractivity contribution in [3.8, 4) is 5.75 Å². The van der Waals surface area contributed by atoms with Crippen LogP contribution in [-0.4, -0.2) is 55.4 Å². The Morgan fingerprint density at radius 1 is 1.10 bits per heavy atom. The van der Waals surface area contributed by atoms with E-state index in [1.165, 1.54) is 13.2 Å². The number of nitrogens with one attached hydrogen (secondary N) is 1. The van der Waals surface area contributed by atoms with E-state index in [1.54, 1.807) is 29.0 Å². The molecular weight excluding hydrogens is 373 g/mol. The molecule has 0 saturated carbocycles. The van der Waals surface area contributed by atoms with Crippen LogP contribution in [0.3, 0.4) is 0 Å². The fourth-order valence-corrected chi connectivity index (χ4v) is 2.87. The predicted molar refractivity (Wildman–Crippen MR) is 111 cm³/mol.